The van der Waals surface area contributed by atoms with Crippen LogP contribution in [-0.4, -0.2) is 64.5 Å². The van der Waals surface area contributed by atoms with Crippen LogP contribution in [0, 0.1) is 0 Å². The van der Waals surface area contributed by atoms with Gasteiger partial charge < -0.3 is 19.1 Å². The zero-order valence-corrected chi connectivity index (χ0v) is 10.8. The zero-order valence-electron chi connectivity index (χ0n) is 9.95. The lowest BCUT2D eigenvalue weighted by Gasteiger charge is -2.23. The van der Waals surface area contributed by atoms with Crippen LogP contribution in [0.25, 0.3) is 0 Å². The van der Waals surface area contributed by atoms with Crippen molar-refractivity contribution in [1.29, 1.82) is 0 Å². The highest BCUT2D eigenvalue weighted by Gasteiger charge is 2.45. The minimum absolute atomic E-state index is 0.193. The summed E-state index contributed by atoms with van der Waals surface area (Å²) in [5.41, 5.74) is 0. The van der Waals surface area contributed by atoms with Crippen molar-refractivity contribution in [2.45, 2.75) is 24.3 Å². The summed E-state index contributed by atoms with van der Waals surface area (Å²) in [7, 11) is 1.32. The van der Waals surface area contributed by atoms with Gasteiger partial charge in [-0.25, -0.2) is 0 Å². The third-order valence-electron chi connectivity index (χ3n) is 2.46. The molecule has 94 valence electrons. The molecule has 1 heterocycles. The van der Waals surface area contributed by atoms with E-state index in [4.69, 9.17) is 18.7 Å². The Morgan fingerprint density at radius 1 is 1.44 bits per heavy atom. The Hall–Kier alpha value is 0.0949. The topological polar surface area (TPSA) is 74.2 Å². The fraction of sp³-hybridized carbons (Fsp3) is 1.00. The molecule has 0 bridgehead atoms. The van der Waals surface area contributed by atoms with E-state index in [0.717, 1.165) is 6.66 Å². The summed E-state index contributed by atoms with van der Waals surface area (Å²) >= 11 is 0. The highest BCUT2D eigenvalue weighted by molar-refractivity contribution is 7.51. The molecule has 6 nitrogen and oxygen atoms in total. The first kappa shape index (κ1) is 14.2. The largest absolute Gasteiger partial charge is 0.382 e. The molecule has 5 atom stereocenters. The maximum atomic E-state index is 11.3. The molecule has 1 aliphatic heterocycles. The molecule has 1 aliphatic rings. The average Bonchev–Trinajstić information content (AvgIpc) is 2.41. The summed E-state index contributed by atoms with van der Waals surface area (Å²) in [5, 5.41) is 0. The summed E-state index contributed by atoms with van der Waals surface area (Å²) in [4.78, 5) is 9.25. The van der Waals surface area contributed by atoms with Crippen LogP contribution in [-0.2, 0) is 23.3 Å². The minimum Gasteiger partial charge on any atom is -0.382 e. The molecule has 8 heteroatoms. The van der Waals surface area contributed by atoms with E-state index in [-0.39, 0.29) is 18.2 Å². The van der Waals surface area contributed by atoms with Gasteiger partial charge in [0.15, 0.2) is 0 Å². The van der Waals surface area contributed by atoms with Crippen molar-refractivity contribution in [2.24, 2.45) is 0 Å². The Labute approximate surface area is 96.2 Å². The molecule has 0 aromatic carbocycles. The zero-order chi connectivity index (χ0) is 12.3. The molecule has 0 aromatic rings. The van der Waals surface area contributed by atoms with Gasteiger partial charge in [0.1, 0.15) is 26.2 Å². The van der Waals surface area contributed by atoms with E-state index in [1.54, 1.807) is 0 Å². The monoisotopic (exact) mass is 252 g/mol. The van der Waals surface area contributed by atoms with Crippen LogP contribution < -0.4 is 0 Å². The third-order valence-corrected chi connectivity index (χ3v) is 3.10. The van der Waals surface area contributed by atoms with Gasteiger partial charge in [-0.05, 0) is 0 Å². The summed E-state index contributed by atoms with van der Waals surface area (Å²) < 4.78 is 32.1. The van der Waals surface area contributed by atoms with E-state index < -0.39 is 13.7 Å². The average molecular weight is 252 g/mol. The van der Waals surface area contributed by atoms with Crippen LogP contribution in [0.4, 0.5) is 0 Å². The summed E-state index contributed by atoms with van der Waals surface area (Å²) in [6.45, 7) is 1.45. The number of hydrogen-bond donors (Lipinski definition) is 1. The van der Waals surface area contributed by atoms with Crippen LogP contribution >= 0.6 is 7.60 Å². The van der Waals surface area contributed by atoms with Crippen molar-refractivity contribution in [3.8, 4) is 0 Å². The number of hydrogen-bond acceptors (Lipinski definition) is 5. The molecular weight excluding hydrogens is 234 g/mol. The van der Waals surface area contributed by atoms with Gasteiger partial charge in [-0.2, -0.15) is 0 Å². The van der Waals surface area contributed by atoms with Gasteiger partial charge in [-0.1, -0.05) is 0 Å². The molecule has 2 unspecified atom stereocenters. The van der Waals surface area contributed by atoms with E-state index in [9.17, 15) is 9.46 Å². The molecule has 0 aliphatic carbocycles. The maximum absolute atomic E-state index is 11.3. The normalized spacial score (nSPS) is 38.5. The molecule has 0 spiro atoms. The summed E-state index contributed by atoms with van der Waals surface area (Å²) in [6.07, 6.45) is -1.33. The Morgan fingerprint density at radius 3 is 2.50 bits per heavy atom. The first-order valence-electron chi connectivity index (χ1n) is 5.05. The van der Waals surface area contributed by atoms with Crippen LogP contribution in [0.15, 0.2) is 0 Å². The lowest BCUT2D eigenvalue weighted by atomic mass is 9.93. The molecule has 1 fully saturated rings. The first-order valence-corrected chi connectivity index (χ1v) is 7.07. The van der Waals surface area contributed by atoms with Gasteiger partial charge in [0.2, 0.25) is 0 Å². The van der Waals surface area contributed by atoms with Crippen LogP contribution in [0.5, 0.6) is 0 Å². The predicted molar refractivity (Wildman–Crippen MR) is 60.5 cm³/mol. The van der Waals surface area contributed by atoms with E-state index in [1.807, 2.05) is 7.85 Å². The molecule has 1 N–H and O–H groups in total. The predicted octanol–water partition coefficient (Wildman–Crippen LogP) is -0.794. The minimum atomic E-state index is -3.57. The third kappa shape index (κ3) is 3.55. The first-order chi connectivity index (χ1) is 7.39. The standard InChI is InChI=1S/C8H18BO6P/c1-12-4-5-6(15-16(3,10)11)7(13-2)8(9)14-5/h5-8H,4,9H2,1-3H3,(H,10,11)/t5-,6+,7?,8-/m1/s1. The summed E-state index contributed by atoms with van der Waals surface area (Å²) in [6, 6.07) is -0.193. The molecular formula is C8H18BO6P. The quantitative estimate of drug-likeness (QED) is 0.510. The lowest BCUT2D eigenvalue weighted by Crippen LogP contribution is -2.37. The fourth-order valence-electron chi connectivity index (χ4n) is 1.89. The Morgan fingerprint density at radius 2 is 2.06 bits per heavy atom. The Bertz CT molecular complexity index is 269. The van der Waals surface area contributed by atoms with Gasteiger partial charge in [0.05, 0.1) is 12.6 Å². The van der Waals surface area contributed by atoms with E-state index in [0.29, 0.717) is 6.61 Å². The number of rotatable bonds is 5. The molecule has 0 aromatic heterocycles. The Balaban J connectivity index is 2.75. The summed E-state index contributed by atoms with van der Waals surface area (Å²) in [5.74, 6) is 0. The second kappa shape index (κ2) is 5.62. The second-order valence-corrected chi connectivity index (χ2v) is 5.73. The van der Waals surface area contributed by atoms with Crippen LogP contribution in [0.3, 0.4) is 0 Å². The fourth-order valence-corrected chi connectivity index (χ4v) is 2.59. The van der Waals surface area contributed by atoms with Gasteiger partial charge in [0, 0.05) is 20.9 Å². The molecule has 1 rings (SSSR count). The molecule has 1 saturated heterocycles. The Kier molecular flexibility index (Phi) is 4.97. The van der Waals surface area contributed by atoms with Crippen LogP contribution in [0.1, 0.15) is 0 Å². The van der Waals surface area contributed by atoms with Crippen molar-refractivity contribution in [3.63, 3.8) is 0 Å². The second-order valence-electron chi connectivity index (χ2n) is 3.91. The number of ether oxygens (including phenoxy) is 3. The smallest absolute Gasteiger partial charge is 0.325 e. The lowest BCUT2D eigenvalue weighted by molar-refractivity contribution is -0.0165. The highest BCUT2D eigenvalue weighted by atomic mass is 31.2. The SMILES string of the molecule is B[C@@H]1O[C@H](COC)[C@H](OP(C)(=O)O)C1OC. The molecule has 16 heavy (non-hydrogen) atoms. The van der Waals surface area contributed by atoms with E-state index in [2.05, 4.69) is 0 Å². The number of methoxy groups -OCH3 is 2. The van der Waals surface area contributed by atoms with Crippen molar-refractivity contribution >= 4 is 15.4 Å². The van der Waals surface area contributed by atoms with Crippen molar-refractivity contribution in [1.82, 2.24) is 0 Å². The van der Waals surface area contributed by atoms with Gasteiger partial charge >= 0.3 is 7.60 Å². The molecule has 0 amide bonds. The van der Waals surface area contributed by atoms with Crippen molar-refractivity contribution in [3.05, 3.63) is 0 Å². The van der Waals surface area contributed by atoms with Gasteiger partial charge in [0.25, 0.3) is 0 Å². The van der Waals surface area contributed by atoms with Gasteiger partial charge in [-0.15, -0.1) is 0 Å². The van der Waals surface area contributed by atoms with E-state index >= 15 is 0 Å². The maximum Gasteiger partial charge on any atom is 0.325 e. The van der Waals surface area contributed by atoms with Crippen LogP contribution in [0.2, 0.25) is 0 Å². The molecule has 0 saturated carbocycles. The van der Waals surface area contributed by atoms with Crippen molar-refractivity contribution < 1.29 is 28.2 Å². The van der Waals surface area contributed by atoms with E-state index in [1.165, 1.54) is 14.2 Å². The highest BCUT2D eigenvalue weighted by Crippen LogP contribution is 2.42. The molecule has 0 radical (unpaired) electrons. The van der Waals surface area contributed by atoms with Gasteiger partial charge in [-0.3, -0.25) is 9.09 Å². The van der Waals surface area contributed by atoms with Crippen molar-refractivity contribution in [2.75, 3.05) is 27.5 Å².